The van der Waals surface area contributed by atoms with Gasteiger partial charge >= 0.3 is 0 Å². The number of methoxy groups -OCH3 is 1. The molecular formula is C15H24N2O2. The van der Waals surface area contributed by atoms with Crippen molar-refractivity contribution in [3.8, 4) is 5.75 Å². The van der Waals surface area contributed by atoms with E-state index in [-0.39, 0.29) is 0 Å². The van der Waals surface area contributed by atoms with E-state index in [1.54, 1.807) is 7.11 Å². The number of benzene rings is 1. The fraction of sp³-hybridized carbons (Fsp3) is 0.600. The van der Waals surface area contributed by atoms with Crippen molar-refractivity contribution >= 4 is 0 Å². The van der Waals surface area contributed by atoms with Crippen LogP contribution in [-0.4, -0.2) is 38.3 Å². The second kappa shape index (κ2) is 6.89. The van der Waals surface area contributed by atoms with Crippen LogP contribution in [0.5, 0.6) is 5.75 Å². The van der Waals surface area contributed by atoms with Gasteiger partial charge in [-0.05, 0) is 37.6 Å². The number of hydrogen-bond donors (Lipinski definition) is 1. The molecular weight excluding hydrogens is 240 g/mol. The van der Waals surface area contributed by atoms with Crippen LogP contribution in [0, 0.1) is 0 Å². The zero-order valence-electron chi connectivity index (χ0n) is 11.9. The average Bonchev–Trinajstić information content (AvgIpc) is 2.91. The van der Waals surface area contributed by atoms with Crippen molar-refractivity contribution in [1.82, 2.24) is 4.90 Å². The van der Waals surface area contributed by atoms with Crippen LogP contribution in [0.4, 0.5) is 0 Å². The summed E-state index contributed by atoms with van der Waals surface area (Å²) in [7, 11) is 3.81. The van der Waals surface area contributed by atoms with Gasteiger partial charge in [-0.15, -0.1) is 0 Å². The Hall–Kier alpha value is -1.10. The van der Waals surface area contributed by atoms with Crippen molar-refractivity contribution in [3.05, 3.63) is 29.3 Å². The molecule has 19 heavy (non-hydrogen) atoms. The molecule has 1 aromatic rings. The molecule has 1 aliphatic heterocycles. The van der Waals surface area contributed by atoms with Crippen LogP contribution >= 0.6 is 0 Å². The van der Waals surface area contributed by atoms with Gasteiger partial charge in [0, 0.05) is 31.8 Å². The smallest absolute Gasteiger partial charge is 0.123 e. The predicted octanol–water partition coefficient (Wildman–Crippen LogP) is 1.76. The molecule has 0 amide bonds. The van der Waals surface area contributed by atoms with E-state index in [2.05, 4.69) is 24.1 Å². The second-order valence-corrected chi connectivity index (χ2v) is 5.18. The molecule has 1 aromatic carbocycles. The zero-order chi connectivity index (χ0) is 13.7. The van der Waals surface area contributed by atoms with E-state index in [0.29, 0.717) is 12.6 Å². The van der Waals surface area contributed by atoms with Crippen LogP contribution in [0.15, 0.2) is 18.2 Å². The minimum Gasteiger partial charge on any atom is -0.496 e. The van der Waals surface area contributed by atoms with Gasteiger partial charge in [0.05, 0.1) is 13.2 Å². The van der Waals surface area contributed by atoms with Gasteiger partial charge in [-0.2, -0.15) is 0 Å². The second-order valence-electron chi connectivity index (χ2n) is 5.18. The summed E-state index contributed by atoms with van der Waals surface area (Å²) >= 11 is 0. The molecule has 4 heteroatoms. The van der Waals surface area contributed by atoms with Gasteiger partial charge < -0.3 is 15.2 Å². The lowest BCUT2D eigenvalue weighted by atomic mass is 10.1. The van der Waals surface area contributed by atoms with Gasteiger partial charge in [0.25, 0.3) is 0 Å². The van der Waals surface area contributed by atoms with E-state index in [9.17, 15) is 0 Å². The van der Waals surface area contributed by atoms with Gasteiger partial charge in [0.1, 0.15) is 5.75 Å². The maximum Gasteiger partial charge on any atom is 0.123 e. The van der Waals surface area contributed by atoms with E-state index in [1.807, 2.05) is 6.07 Å². The Bertz CT molecular complexity index is 403. The monoisotopic (exact) mass is 264 g/mol. The molecule has 1 heterocycles. The van der Waals surface area contributed by atoms with Crippen LogP contribution in [0.3, 0.4) is 0 Å². The Morgan fingerprint density at radius 2 is 2.32 bits per heavy atom. The molecule has 1 aliphatic rings. The number of nitrogens with zero attached hydrogens (tertiary/aromatic N) is 1. The molecule has 0 aromatic heterocycles. The van der Waals surface area contributed by atoms with Gasteiger partial charge in [-0.3, -0.25) is 4.90 Å². The molecule has 0 aliphatic carbocycles. The Labute approximate surface area is 115 Å². The predicted molar refractivity (Wildman–Crippen MR) is 76.2 cm³/mol. The van der Waals surface area contributed by atoms with Gasteiger partial charge in [-0.25, -0.2) is 0 Å². The van der Waals surface area contributed by atoms with Crippen molar-refractivity contribution in [2.75, 3.05) is 27.3 Å². The Balaban J connectivity index is 1.94. The standard InChI is InChI=1S/C15H24N2O2/c1-17(11-14-4-3-7-19-14)10-12-5-6-15(18-2)13(8-12)9-16/h5-6,8,14H,3-4,7,9-11,16H2,1-2H3. The first-order chi connectivity index (χ1) is 9.22. The fourth-order valence-corrected chi connectivity index (χ4v) is 2.60. The third-order valence-corrected chi connectivity index (χ3v) is 3.56. The van der Waals surface area contributed by atoms with E-state index < -0.39 is 0 Å². The molecule has 2 rings (SSSR count). The minimum atomic E-state index is 0.400. The summed E-state index contributed by atoms with van der Waals surface area (Å²) in [4.78, 5) is 2.30. The molecule has 0 radical (unpaired) electrons. The number of hydrogen-bond acceptors (Lipinski definition) is 4. The largest absolute Gasteiger partial charge is 0.496 e. The van der Waals surface area contributed by atoms with Crippen molar-refractivity contribution in [3.63, 3.8) is 0 Å². The quantitative estimate of drug-likeness (QED) is 0.850. The van der Waals surface area contributed by atoms with Crippen molar-refractivity contribution in [2.45, 2.75) is 32.0 Å². The average molecular weight is 264 g/mol. The van der Waals surface area contributed by atoms with E-state index in [1.165, 1.54) is 18.4 Å². The summed E-state index contributed by atoms with van der Waals surface area (Å²) in [5.41, 5.74) is 8.07. The lowest BCUT2D eigenvalue weighted by Gasteiger charge is -2.21. The molecule has 1 atom stereocenters. The first kappa shape index (κ1) is 14.3. The van der Waals surface area contributed by atoms with Crippen LogP contribution in [0.2, 0.25) is 0 Å². The molecule has 0 saturated carbocycles. The van der Waals surface area contributed by atoms with Crippen LogP contribution < -0.4 is 10.5 Å². The first-order valence-electron chi connectivity index (χ1n) is 6.89. The van der Waals surface area contributed by atoms with E-state index >= 15 is 0 Å². The lowest BCUT2D eigenvalue weighted by Crippen LogP contribution is -2.28. The van der Waals surface area contributed by atoms with E-state index in [0.717, 1.165) is 31.0 Å². The fourth-order valence-electron chi connectivity index (χ4n) is 2.60. The molecule has 1 fully saturated rings. The summed E-state index contributed by atoms with van der Waals surface area (Å²) in [5.74, 6) is 0.869. The maximum atomic E-state index is 5.74. The summed E-state index contributed by atoms with van der Waals surface area (Å²) in [5, 5.41) is 0. The summed E-state index contributed by atoms with van der Waals surface area (Å²) in [6.45, 7) is 3.33. The highest BCUT2D eigenvalue weighted by Gasteiger charge is 2.17. The lowest BCUT2D eigenvalue weighted by molar-refractivity contribution is 0.0793. The third kappa shape index (κ3) is 3.93. The maximum absolute atomic E-state index is 5.74. The Morgan fingerprint density at radius 3 is 2.95 bits per heavy atom. The Kier molecular flexibility index (Phi) is 5.19. The van der Waals surface area contributed by atoms with Gasteiger partial charge in [-0.1, -0.05) is 6.07 Å². The molecule has 2 N–H and O–H groups in total. The Morgan fingerprint density at radius 1 is 1.47 bits per heavy atom. The molecule has 0 bridgehead atoms. The highest BCUT2D eigenvalue weighted by molar-refractivity contribution is 5.37. The molecule has 0 spiro atoms. The third-order valence-electron chi connectivity index (χ3n) is 3.56. The van der Waals surface area contributed by atoms with Gasteiger partial charge in [0.15, 0.2) is 0 Å². The first-order valence-corrected chi connectivity index (χ1v) is 6.89. The molecule has 4 nitrogen and oxygen atoms in total. The summed E-state index contributed by atoms with van der Waals surface area (Å²) in [6, 6.07) is 6.23. The number of nitrogens with two attached hydrogens (primary N) is 1. The highest BCUT2D eigenvalue weighted by Crippen LogP contribution is 2.20. The number of rotatable bonds is 6. The summed E-state index contributed by atoms with van der Waals surface area (Å²) in [6.07, 6.45) is 2.77. The normalized spacial score (nSPS) is 19.1. The van der Waals surface area contributed by atoms with Gasteiger partial charge in [0.2, 0.25) is 0 Å². The van der Waals surface area contributed by atoms with Crippen molar-refractivity contribution < 1.29 is 9.47 Å². The van der Waals surface area contributed by atoms with Crippen molar-refractivity contribution in [1.29, 1.82) is 0 Å². The molecule has 1 unspecified atom stereocenters. The number of likely N-dealkylation sites (N-methyl/N-ethyl adjacent to an activating group) is 1. The summed E-state index contributed by atoms with van der Waals surface area (Å²) < 4.78 is 11.0. The highest BCUT2D eigenvalue weighted by atomic mass is 16.5. The van der Waals surface area contributed by atoms with Crippen molar-refractivity contribution in [2.24, 2.45) is 5.73 Å². The topological polar surface area (TPSA) is 47.7 Å². The van der Waals surface area contributed by atoms with Crippen LogP contribution in [-0.2, 0) is 17.8 Å². The minimum absolute atomic E-state index is 0.400. The SMILES string of the molecule is COc1ccc(CN(C)CC2CCCO2)cc1CN. The molecule has 106 valence electrons. The van der Waals surface area contributed by atoms with E-state index in [4.69, 9.17) is 15.2 Å². The zero-order valence-corrected chi connectivity index (χ0v) is 11.9. The molecule has 1 saturated heterocycles. The van der Waals surface area contributed by atoms with Crippen LogP contribution in [0.1, 0.15) is 24.0 Å². The number of ether oxygens (including phenoxy) is 2. The van der Waals surface area contributed by atoms with Crippen LogP contribution in [0.25, 0.3) is 0 Å².